The number of halogens is 1. The number of anilines is 1. The first kappa shape index (κ1) is 17.6. The second kappa shape index (κ2) is 7.37. The number of rotatable bonds is 5. The van der Waals surface area contributed by atoms with Crippen molar-refractivity contribution in [2.24, 2.45) is 5.73 Å². The van der Waals surface area contributed by atoms with Gasteiger partial charge in [-0.05, 0) is 48.0 Å². The van der Waals surface area contributed by atoms with Gasteiger partial charge in [-0.3, -0.25) is 9.59 Å². The standard InChI is InChI=1S/C19H15FN2O3S/c1-25-15-7-4-12(18(21)23)10-14(15)22-19(24)17-9-8-16(26-17)11-2-5-13(20)6-3-11/h2-10H,1H3,(H2,21,23)(H,22,24). The monoisotopic (exact) mass is 370 g/mol. The number of nitrogens with one attached hydrogen (secondary N) is 1. The summed E-state index contributed by atoms with van der Waals surface area (Å²) in [4.78, 5) is 25.2. The summed E-state index contributed by atoms with van der Waals surface area (Å²) in [5.41, 5.74) is 6.72. The highest BCUT2D eigenvalue weighted by Crippen LogP contribution is 2.30. The quantitative estimate of drug-likeness (QED) is 0.714. The average molecular weight is 370 g/mol. The summed E-state index contributed by atoms with van der Waals surface area (Å²) in [6.45, 7) is 0. The van der Waals surface area contributed by atoms with Crippen LogP contribution in [0.1, 0.15) is 20.0 Å². The third-order valence-corrected chi connectivity index (χ3v) is 4.82. The lowest BCUT2D eigenvalue weighted by Crippen LogP contribution is -2.14. The molecule has 0 spiro atoms. The Kier molecular flexibility index (Phi) is 4.99. The van der Waals surface area contributed by atoms with E-state index in [1.165, 1.54) is 42.7 Å². The molecule has 0 bridgehead atoms. The van der Waals surface area contributed by atoms with Gasteiger partial charge in [-0.25, -0.2) is 4.39 Å². The molecule has 0 radical (unpaired) electrons. The summed E-state index contributed by atoms with van der Waals surface area (Å²) < 4.78 is 18.2. The van der Waals surface area contributed by atoms with Crippen LogP contribution < -0.4 is 15.8 Å². The average Bonchev–Trinajstić information content (AvgIpc) is 3.12. The van der Waals surface area contributed by atoms with Gasteiger partial charge in [0.1, 0.15) is 11.6 Å². The number of benzene rings is 2. The van der Waals surface area contributed by atoms with Gasteiger partial charge in [-0.15, -0.1) is 11.3 Å². The van der Waals surface area contributed by atoms with Crippen molar-refractivity contribution in [2.75, 3.05) is 12.4 Å². The molecule has 0 aliphatic rings. The zero-order valence-electron chi connectivity index (χ0n) is 13.8. The minimum atomic E-state index is -0.599. The Morgan fingerprint density at radius 2 is 1.81 bits per heavy atom. The lowest BCUT2D eigenvalue weighted by atomic mass is 10.1. The van der Waals surface area contributed by atoms with Gasteiger partial charge in [-0.1, -0.05) is 12.1 Å². The maximum absolute atomic E-state index is 13.0. The Morgan fingerprint density at radius 3 is 2.46 bits per heavy atom. The number of amides is 2. The SMILES string of the molecule is COc1ccc(C(N)=O)cc1NC(=O)c1ccc(-c2ccc(F)cc2)s1. The van der Waals surface area contributed by atoms with E-state index in [0.29, 0.717) is 16.3 Å². The van der Waals surface area contributed by atoms with Gasteiger partial charge in [-0.2, -0.15) is 0 Å². The van der Waals surface area contributed by atoms with Crippen LogP contribution >= 0.6 is 11.3 Å². The predicted molar refractivity (Wildman–Crippen MR) is 99.2 cm³/mol. The molecule has 5 nitrogen and oxygen atoms in total. The van der Waals surface area contributed by atoms with Crippen LogP contribution in [-0.2, 0) is 0 Å². The Morgan fingerprint density at radius 1 is 1.08 bits per heavy atom. The maximum atomic E-state index is 13.0. The first-order chi connectivity index (χ1) is 12.5. The van der Waals surface area contributed by atoms with Crippen LogP contribution in [0.5, 0.6) is 5.75 Å². The van der Waals surface area contributed by atoms with Crippen molar-refractivity contribution in [3.8, 4) is 16.2 Å². The topological polar surface area (TPSA) is 81.4 Å². The Bertz CT molecular complexity index is 967. The van der Waals surface area contributed by atoms with Gasteiger partial charge in [0.15, 0.2) is 0 Å². The number of carbonyl (C=O) groups is 2. The molecule has 3 aromatic rings. The molecule has 0 unspecified atom stereocenters. The van der Waals surface area contributed by atoms with Gasteiger partial charge in [0.25, 0.3) is 5.91 Å². The maximum Gasteiger partial charge on any atom is 0.265 e. The molecular weight excluding hydrogens is 355 g/mol. The van der Waals surface area contributed by atoms with Crippen LogP contribution in [0.25, 0.3) is 10.4 Å². The van der Waals surface area contributed by atoms with E-state index < -0.39 is 5.91 Å². The summed E-state index contributed by atoms with van der Waals surface area (Å²) >= 11 is 1.28. The first-order valence-electron chi connectivity index (χ1n) is 7.63. The summed E-state index contributed by atoms with van der Waals surface area (Å²) in [5, 5.41) is 2.73. The fourth-order valence-electron chi connectivity index (χ4n) is 2.37. The van der Waals surface area contributed by atoms with Crippen molar-refractivity contribution in [1.29, 1.82) is 0 Å². The minimum absolute atomic E-state index is 0.263. The molecule has 2 aromatic carbocycles. The molecule has 0 fully saturated rings. The number of carbonyl (C=O) groups excluding carboxylic acids is 2. The highest BCUT2D eigenvalue weighted by molar-refractivity contribution is 7.17. The second-order valence-electron chi connectivity index (χ2n) is 5.40. The van der Waals surface area contributed by atoms with E-state index in [-0.39, 0.29) is 17.3 Å². The molecule has 2 amide bonds. The van der Waals surface area contributed by atoms with Gasteiger partial charge in [0, 0.05) is 10.4 Å². The molecule has 0 saturated carbocycles. The third-order valence-electron chi connectivity index (χ3n) is 3.69. The number of methoxy groups -OCH3 is 1. The van der Waals surface area contributed by atoms with Crippen molar-refractivity contribution in [3.63, 3.8) is 0 Å². The molecule has 0 saturated heterocycles. The van der Waals surface area contributed by atoms with Gasteiger partial charge < -0.3 is 15.8 Å². The normalized spacial score (nSPS) is 10.4. The zero-order chi connectivity index (χ0) is 18.7. The molecule has 0 aliphatic heterocycles. The molecule has 0 atom stereocenters. The molecule has 3 rings (SSSR count). The lowest BCUT2D eigenvalue weighted by molar-refractivity contribution is 0.0996. The second-order valence-corrected chi connectivity index (χ2v) is 6.49. The molecule has 7 heteroatoms. The number of primary amides is 1. The Balaban J connectivity index is 1.84. The minimum Gasteiger partial charge on any atom is -0.495 e. The van der Waals surface area contributed by atoms with Crippen molar-refractivity contribution in [1.82, 2.24) is 0 Å². The number of nitrogens with two attached hydrogens (primary N) is 1. The summed E-state index contributed by atoms with van der Waals surface area (Å²) in [5.74, 6) is -0.843. The number of hydrogen-bond acceptors (Lipinski definition) is 4. The van der Waals surface area contributed by atoms with E-state index in [4.69, 9.17) is 10.5 Å². The van der Waals surface area contributed by atoms with Crippen LogP contribution in [0.3, 0.4) is 0 Å². The van der Waals surface area contributed by atoms with E-state index >= 15 is 0 Å². The first-order valence-corrected chi connectivity index (χ1v) is 8.44. The fourth-order valence-corrected chi connectivity index (χ4v) is 3.28. The molecule has 132 valence electrons. The number of hydrogen-bond donors (Lipinski definition) is 2. The highest BCUT2D eigenvalue weighted by atomic mass is 32.1. The van der Waals surface area contributed by atoms with Crippen LogP contribution in [0, 0.1) is 5.82 Å². The van der Waals surface area contributed by atoms with Crippen LogP contribution in [-0.4, -0.2) is 18.9 Å². The molecule has 26 heavy (non-hydrogen) atoms. The van der Waals surface area contributed by atoms with E-state index in [2.05, 4.69) is 5.32 Å². The molecule has 3 N–H and O–H groups in total. The van der Waals surface area contributed by atoms with Crippen LogP contribution in [0.15, 0.2) is 54.6 Å². The van der Waals surface area contributed by atoms with Crippen molar-refractivity contribution >= 4 is 28.8 Å². The zero-order valence-corrected chi connectivity index (χ0v) is 14.6. The van der Waals surface area contributed by atoms with Crippen LogP contribution in [0.2, 0.25) is 0 Å². The van der Waals surface area contributed by atoms with Crippen LogP contribution in [0.4, 0.5) is 10.1 Å². The predicted octanol–water partition coefficient (Wildman–Crippen LogP) is 3.91. The van der Waals surface area contributed by atoms with E-state index in [1.807, 2.05) is 0 Å². The highest BCUT2D eigenvalue weighted by Gasteiger charge is 2.14. The lowest BCUT2D eigenvalue weighted by Gasteiger charge is -2.10. The smallest absolute Gasteiger partial charge is 0.265 e. The van der Waals surface area contributed by atoms with E-state index in [0.717, 1.165) is 10.4 Å². The van der Waals surface area contributed by atoms with Crippen molar-refractivity contribution in [2.45, 2.75) is 0 Å². The largest absolute Gasteiger partial charge is 0.495 e. The van der Waals surface area contributed by atoms with Gasteiger partial charge in [0.2, 0.25) is 5.91 Å². The number of thiophene rings is 1. The van der Waals surface area contributed by atoms with Crippen molar-refractivity contribution < 1.29 is 18.7 Å². The molecule has 1 aromatic heterocycles. The molecule has 1 heterocycles. The Hall–Kier alpha value is -3.19. The molecular formula is C19H15FN2O3S. The van der Waals surface area contributed by atoms with Gasteiger partial charge in [0.05, 0.1) is 17.7 Å². The van der Waals surface area contributed by atoms with Gasteiger partial charge >= 0.3 is 0 Å². The van der Waals surface area contributed by atoms with Crippen molar-refractivity contribution in [3.05, 3.63) is 70.9 Å². The Labute approximate surface area is 153 Å². The number of ether oxygens (including phenoxy) is 1. The summed E-state index contributed by atoms with van der Waals surface area (Å²) in [6, 6.07) is 14.1. The van der Waals surface area contributed by atoms with E-state index in [1.54, 1.807) is 30.3 Å². The fraction of sp³-hybridized carbons (Fsp3) is 0.0526. The molecule has 0 aliphatic carbocycles. The summed E-state index contributed by atoms with van der Waals surface area (Å²) in [6.07, 6.45) is 0. The van der Waals surface area contributed by atoms with E-state index in [9.17, 15) is 14.0 Å². The third kappa shape index (κ3) is 3.73. The summed E-state index contributed by atoms with van der Waals surface area (Å²) in [7, 11) is 1.46.